The molecule has 0 saturated heterocycles. The van der Waals surface area contributed by atoms with Gasteiger partial charge < -0.3 is 10.1 Å². The summed E-state index contributed by atoms with van der Waals surface area (Å²) in [5.74, 6) is 0.906. The van der Waals surface area contributed by atoms with Gasteiger partial charge in [-0.1, -0.05) is 27.2 Å². The largest absolute Gasteiger partial charge is 0.383 e. The Morgan fingerprint density at radius 3 is 2.53 bits per heavy atom. The van der Waals surface area contributed by atoms with E-state index in [1.165, 1.54) is 25.7 Å². The van der Waals surface area contributed by atoms with E-state index in [1.54, 1.807) is 0 Å². The third-order valence-electron chi connectivity index (χ3n) is 4.73. The van der Waals surface area contributed by atoms with Crippen LogP contribution in [0.25, 0.3) is 0 Å². The normalized spacial score (nSPS) is 29.7. The average molecular weight is 270 g/mol. The van der Waals surface area contributed by atoms with Gasteiger partial charge in [-0.05, 0) is 45.2 Å². The Morgan fingerprint density at radius 1 is 1.26 bits per heavy atom. The van der Waals surface area contributed by atoms with Crippen LogP contribution in [0.5, 0.6) is 0 Å². The van der Waals surface area contributed by atoms with Gasteiger partial charge in [0.15, 0.2) is 0 Å². The van der Waals surface area contributed by atoms with Crippen molar-refractivity contribution < 1.29 is 4.74 Å². The number of rotatable bonds is 8. The maximum Gasteiger partial charge on any atom is 0.0615 e. The molecule has 0 radical (unpaired) electrons. The first-order valence-corrected chi connectivity index (χ1v) is 8.15. The van der Waals surface area contributed by atoms with Crippen molar-refractivity contribution in [3.8, 4) is 0 Å². The van der Waals surface area contributed by atoms with Gasteiger partial charge >= 0.3 is 0 Å². The molecule has 1 aliphatic rings. The number of hydrogen-bond acceptors (Lipinski definition) is 3. The predicted octanol–water partition coefficient (Wildman–Crippen LogP) is 2.90. The molecule has 0 spiro atoms. The average Bonchev–Trinajstić information content (AvgIpc) is 2.42. The van der Waals surface area contributed by atoms with Gasteiger partial charge in [0, 0.05) is 25.2 Å². The summed E-state index contributed by atoms with van der Waals surface area (Å²) >= 11 is 0. The Hall–Kier alpha value is -0.120. The van der Waals surface area contributed by atoms with Crippen LogP contribution in [0.15, 0.2) is 0 Å². The molecule has 0 heterocycles. The van der Waals surface area contributed by atoms with Crippen molar-refractivity contribution in [3.05, 3.63) is 0 Å². The van der Waals surface area contributed by atoms with E-state index in [2.05, 4.69) is 37.9 Å². The van der Waals surface area contributed by atoms with E-state index in [-0.39, 0.29) is 0 Å². The van der Waals surface area contributed by atoms with Crippen LogP contribution in [0.3, 0.4) is 0 Å². The quantitative estimate of drug-likeness (QED) is 0.734. The summed E-state index contributed by atoms with van der Waals surface area (Å²) < 4.78 is 5.36. The molecule has 0 amide bonds. The second kappa shape index (κ2) is 8.93. The second-order valence-electron chi connectivity index (χ2n) is 5.95. The molecule has 0 aromatic rings. The Bertz CT molecular complexity index is 235. The van der Waals surface area contributed by atoms with Crippen LogP contribution >= 0.6 is 0 Å². The lowest BCUT2D eigenvalue weighted by Crippen LogP contribution is -2.56. The number of nitrogens with one attached hydrogen (secondary N) is 1. The standard InChI is InChI=1S/C16H34N2O/c1-6-14-9-10-15(17-7-2)16(11-14)18(8-3)13(4)12-19-5/h13-17H,6-12H2,1-5H3. The lowest BCUT2D eigenvalue weighted by molar-refractivity contribution is 0.0329. The topological polar surface area (TPSA) is 24.5 Å². The maximum atomic E-state index is 5.36. The molecule has 0 aromatic heterocycles. The van der Waals surface area contributed by atoms with Crippen LogP contribution in [0.4, 0.5) is 0 Å². The molecule has 1 rings (SSSR count). The third kappa shape index (κ3) is 4.73. The third-order valence-corrected chi connectivity index (χ3v) is 4.73. The minimum atomic E-state index is 0.511. The molecule has 3 heteroatoms. The van der Waals surface area contributed by atoms with E-state index in [4.69, 9.17) is 4.74 Å². The Balaban J connectivity index is 2.74. The number of likely N-dealkylation sites (N-methyl/N-ethyl adjacent to an activating group) is 2. The molecule has 4 unspecified atom stereocenters. The highest BCUT2D eigenvalue weighted by Gasteiger charge is 2.34. The van der Waals surface area contributed by atoms with Crippen molar-refractivity contribution in [2.24, 2.45) is 5.92 Å². The van der Waals surface area contributed by atoms with Crippen molar-refractivity contribution in [3.63, 3.8) is 0 Å². The molecule has 0 aromatic carbocycles. The fourth-order valence-corrected chi connectivity index (χ4v) is 3.68. The Kier molecular flexibility index (Phi) is 7.96. The molecular weight excluding hydrogens is 236 g/mol. The van der Waals surface area contributed by atoms with E-state index < -0.39 is 0 Å². The lowest BCUT2D eigenvalue weighted by Gasteiger charge is -2.45. The van der Waals surface area contributed by atoms with Gasteiger partial charge in [-0.2, -0.15) is 0 Å². The Morgan fingerprint density at radius 2 is 2.00 bits per heavy atom. The van der Waals surface area contributed by atoms with E-state index >= 15 is 0 Å². The van der Waals surface area contributed by atoms with E-state index in [9.17, 15) is 0 Å². The molecule has 1 aliphatic carbocycles. The van der Waals surface area contributed by atoms with Gasteiger partial charge in [-0.25, -0.2) is 0 Å². The highest BCUT2D eigenvalue weighted by molar-refractivity contribution is 4.92. The van der Waals surface area contributed by atoms with Crippen molar-refractivity contribution in [2.75, 3.05) is 26.8 Å². The van der Waals surface area contributed by atoms with Gasteiger partial charge in [0.1, 0.15) is 0 Å². The second-order valence-corrected chi connectivity index (χ2v) is 5.95. The molecular formula is C16H34N2O. The summed E-state index contributed by atoms with van der Waals surface area (Å²) in [6, 6.07) is 1.85. The fraction of sp³-hybridized carbons (Fsp3) is 1.00. The van der Waals surface area contributed by atoms with Gasteiger partial charge in [0.2, 0.25) is 0 Å². The van der Waals surface area contributed by atoms with E-state index in [1.807, 2.05) is 7.11 Å². The molecule has 4 atom stereocenters. The van der Waals surface area contributed by atoms with Crippen molar-refractivity contribution in [2.45, 2.75) is 71.5 Å². The zero-order chi connectivity index (χ0) is 14.3. The van der Waals surface area contributed by atoms with Crippen molar-refractivity contribution >= 4 is 0 Å². The first-order chi connectivity index (χ1) is 9.17. The van der Waals surface area contributed by atoms with Crippen LogP contribution < -0.4 is 5.32 Å². The van der Waals surface area contributed by atoms with E-state index in [0.29, 0.717) is 18.1 Å². The fourth-order valence-electron chi connectivity index (χ4n) is 3.68. The number of ether oxygens (including phenoxy) is 1. The monoisotopic (exact) mass is 270 g/mol. The van der Waals surface area contributed by atoms with Crippen LogP contribution in [0.2, 0.25) is 0 Å². The maximum absolute atomic E-state index is 5.36. The summed E-state index contributed by atoms with van der Waals surface area (Å²) in [6.45, 7) is 12.2. The molecule has 0 bridgehead atoms. The summed E-state index contributed by atoms with van der Waals surface area (Å²) in [6.07, 6.45) is 5.38. The summed E-state index contributed by atoms with van der Waals surface area (Å²) in [5.41, 5.74) is 0. The smallest absolute Gasteiger partial charge is 0.0615 e. The molecule has 114 valence electrons. The van der Waals surface area contributed by atoms with Crippen LogP contribution in [0.1, 0.15) is 53.4 Å². The van der Waals surface area contributed by atoms with Gasteiger partial charge in [-0.15, -0.1) is 0 Å². The van der Waals surface area contributed by atoms with Crippen molar-refractivity contribution in [1.29, 1.82) is 0 Å². The lowest BCUT2D eigenvalue weighted by atomic mass is 9.80. The predicted molar refractivity (Wildman–Crippen MR) is 82.6 cm³/mol. The van der Waals surface area contributed by atoms with Crippen molar-refractivity contribution in [1.82, 2.24) is 10.2 Å². The molecule has 1 fully saturated rings. The van der Waals surface area contributed by atoms with Gasteiger partial charge in [-0.3, -0.25) is 4.90 Å². The highest BCUT2D eigenvalue weighted by Crippen LogP contribution is 2.31. The first-order valence-electron chi connectivity index (χ1n) is 8.15. The molecule has 0 aliphatic heterocycles. The van der Waals surface area contributed by atoms with Gasteiger partial charge in [0.05, 0.1) is 6.61 Å². The molecule has 19 heavy (non-hydrogen) atoms. The zero-order valence-electron chi connectivity index (χ0n) is 13.6. The molecule has 3 nitrogen and oxygen atoms in total. The zero-order valence-corrected chi connectivity index (χ0v) is 13.6. The number of hydrogen-bond donors (Lipinski definition) is 1. The number of nitrogens with zero attached hydrogens (tertiary/aromatic N) is 1. The first kappa shape index (κ1) is 16.9. The van der Waals surface area contributed by atoms with Crippen LogP contribution in [-0.2, 0) is 4.74 Å². The minimum Gasteiger partial charge on any atom is -0.383 e. The summed E-state index contributed by atoms with van der Waals surface area (Å²) in [5, 5.41) is 3.71. The Labute approximate surface area is 120 Å². The molecule has 1 saturated carbocycles. The van der Waals surface area contributed by atoms with E-state index in [0.717, 1.165) is 25.6 Å². The SMILES string of the molecule is CCNC1CCC(CC)CC1N(CC)C(C)COC. The van der Waals surface area contributed by atoms with Gasteiger partial charge in [0.25, 0.3) is 0 Å². The summed E-state index contributed by atoms with van der Waals surface area (Å²) in [7, 11) is 1.81. The van der Waals surface area contributed by atoms with Crippen LogP contribution in [0, 0.1) is 5.92 Å². The number of methoxy groups -OCH3 is 1. The van der Waals surface area contributed by atoms with Crippen LogP contribution in [-0.4, -0.2) is 49.8 Å². The minimum absolute atomic E-state index is 0.511. The summed E-state index contributed by atoms with van der Waals surface area (Å²) in [4.78, 5) is 2.65. The molecule has 1 N–H and O–H groups in total. The highest BCUT2D eigenvalue weighted by atomic mass is 16.5.